The third kappa shape index (κ3) is 5.27. The van der Waals surface area contributed by atoms with Crippen molar-refractivity contribution in [3.8, 4) is 17.3 Å². The van der Waals surface area contributed by atoms with Crippen molar-refractivity contribution < 1.29 is 9.84 Å². The lowest BCUT2D eigenvalue weighted by Crippen LogP contribution is -2.33. The fourth-order valence-electron chi connectivity index (χ4n) is 4.82. The summed E-state index contributed by atoms with van der Waals surface area (Å²) in [6, 6.07) is 23.1. The number of nitrogens with zero attached hydrogens (tertiary/aromatic N) is 2. The van der Waals surface area contributed by atoms with Gasteiger partial charge in [-0.3, -0.25) is 14.8 Å². The Balaban J connectivity index is 1.39. The number of para-hydroxylation sites is 1. The molecule has 0 aliphatic heterocycles. The molecule has 0 bridgehead atoms. The predicted octanol–water partition coefficient (Wildman–Crippen LogP) is 4.96. The van der Waals surface area contributed by atoms with E-state index < -0.39 is 17.1 Å². The monoisotopic (exact) mass is 522 g/mol. The number of fused-ring (bicyclic) bond motifs is 1. The van der Waals surface area contributed by atoms with Crippen LogP contribution in [0.4, 0.5) is 0 Å². The highest BCUT2D eigenvalue weighted by Crippen LogP contribution is 2.28. The first-order valence-electron chi connectivity index (χ1n) is 12.8. The number of aromatic hydroxyl groups is 1. The Kier molecular flexibility index (Phi) is 7.19. The number of ether oxygens (including phenoxy) is 1. The molecule has 0 atom stereocenters. The molecule has 8 heteroatoms. The third-order valence-corrected chi connectivity index (χ3v) is 6.85. The van der Waals surface area contributed by atoms with Crippen LogP contribution in [0.3, 0.4) is 0 Å². The topological polar surface area (TPSA) is 112 Å². The summed E-state index contributed by atoms with van der Waals surface area (Å²) in [5, 5.41) is 12.0. The van der Waals surface area contributed by atoms with Crippen LogP contribution in [0.2, 0.25) is 0 Å². The molecule has 3 N–H and O–H groups in total. The highest BCUT2D eigenvalue weighted by Gasteiger charge is 2.19. The van der Waals surface area contributed by atoms with Gasteiger partial charge in [-0.25, -0.2) is 9.36 Å². The maximum Gasteiger partial charge on any atom is 0.335 e. The normalized spacial score (nSPS) is 11.7. The number of aryl methyl sites for hydroxylation is 2. The standard InChI is InChI=1S/C31H30N4O4/c1-19-9-7-8-12-27(19)35-30(37)28(29(36)34-31(35)38)21(3)32-16-15-24-20(2)33-26-14-13-23(17-25(24)26)39-18-22-10-5-4-6-11-22/h4-14,17,33,37H,15-16,18H2,1-3H3,(H,34,36,38). The smallest absolute Gasteiger partial charge is 0.335 e. The zero-order chi connectivity index (χ0) is 27.5. The van der Waals surface area contributed by atoms with Gasteiger partial charge in [-0.15, -0.1) is 0 Å². The molecule has 2 heterocycles. The van der Waals surface area contributed by atoms with Crippen molar-refractivity contribution in [3.63, 3.8) is 0 Å². The summed E-state index contributed by atoms with van der Waals surface area (Å²) in [7, 11) is 0. The van der Waals surface area contributed by atoms with Gasteiger partial charge < -0.3 is 14.8 Å². The first kappa shape index (κ1) is 25.8. The maximum absolute atomic E-state index is 12.7. The van der Waals surface area contributed by atoms with E-state index in [0.717, 1.165) is 43.6 Å². The van der Waals surface area contributed by atoms with Gasteiger partial charge in [0.15, 0.2) is 0 Å². The minimum atomic E-state index is -0.706. The van der Waals surface area contributed by atoms with Crippen molar-refractivity contribution in [3.05, 3.63) is 122 Å². The predicted molar refractivity (Wildman–Crippen MR) is 154 cm³/mol. The molecule has 0 spiro atoms. The zero-order valence-electron chi connectivity index (χ0n) is 22.1. The van der Waals surface area contributed by atoms with Gasteiger partial charge in [0.1, 0.15) is 17.9 Å². The van der Waals surface area contributed by atoms with Crippen LogP contribution in [0.5, 0.6) is 11.6 Å². The summed E-state index contributed by atoms with van der Waals surface area (Å²) < 4.78 is 7.12. The summed E-state index contributed by atoms with van der Waals surface area (Å²) >= 11 is 0. The summed E-state index contributed by atoms with van der Waals surface area (Å²) in [6.45, 7) is 6.38. The molecule has 2 aromatic heterocycles. The SMILES string of the molecule is CC(=NCCc1c(C)[nH]c2ccc(OCc3ccccc3)cc12)c1c(O)n(-c2ccccc2C)c(=O)[nH]c1=O. The highest BCUT2D eigenvalue weighted by molar-refractivity contribution is 6.00. The van der Waals surface area contributed by atoms with Gasteiger partial charge >= 0.3 is 5.69 Å². The Morgan fingerprint density at radius 2 is 1.72 bits per heavy atom. The molecule has 0 radical (unpaired) electrons. The van der Waals surface area contributed by atoms with Crippen LogP contribution in [0.25, 0.3) is 16.6 Å². The number of aromatic amines is 2. The lowest BCUT2D eigenvalue weighted by Gasteiger charge is -2.13. The summed E-state index contributed by atoms with van der Waals surface area (Å²) in [5.74, 6) is 0.351. The van der Waals surface area contributed by atoms with Gasteiger partial charge in [0, 0.05) is 28.9 Å². The van der Waals surface area contributed by atoms with E-state index in [-0.39, 0.29) is 5.56 Å². The van der Waals surface area contributed by atoms with E-state index in [1.54, 1.807) is 19.1 Å². The summed E-state index contributed by atoms with van der Waals surface area (Å²) in [4.78, 5) is 35.6. The Hall–Kier alpha value is -4.85. The van der Waals surface area contributed by atoms with E-state index in [0.29, 0.717) is 31.0 Å². The van der Waals surface area contributed by atoms with Crippen molar-refractivity contribution in [2.75, 3.05) is 6.54 Å². The Labute approximate surface area is 225 Å². The molecule has 0 aliphatic carbocycles. The van der Waals surface area contributed by atoms with Gasteiger partial charge in [0.25, 0.3) is 5.56 Å². The number of benzene rings is 3. The molecular weight excluding hydrogens is 492 g/mol. The van der Waals surface area contributed by atoms with Crippen molar-refractivity contribution in [2.45, 2.75) is 33.8 Å². The van der Waals surface area contributed by atoms with Gasteiger partial charge in [-0.05, 0) is 68.1 Å². The minimum Gasteiger partial charge on any atom is -0.493 e. The van der Waals surface area contributed by atoms with Crippen LogP contribution >= 0.6 is 0 Å². The van der Waals surface area contributed by atoms with Crippen LogP contribution in [-0.4, -0.2) is 31.9 Å². The van der Waals surface area contributed by atoms with Gasteiger partial charge in [-0.1, -0.05) is 48.5 Å². The minimum absolute atomic E-state index is 0.0231. The molecule has 8 nitrogen and oxygen atoms in total. The van der Waals surface area contributed by atoms with Gasteiger partial charge in [0.05, 0.1) is 5.69 Å². The van der Waals surface area contributed by atoms with E-state index in [4.69, 9.17) is 4.74 Å². The average Bonchev–Trinajstić information content (AvgIpc) is 3.23. The summed E-state index contributed by atoms with van der Waals surface area (Å²) in [6.07, 6.45) is 0.613. The largest absolute Gasteiger partial charge is 0.493 e. The second kappa shape index (κ2) is 10.9. The van der Waals surface area contributed by atoms with Crippen LogP contribution in [0.1, 0.15) is 34.9 Å². The van der Waals surface area contributed by atoms with Crippen molar-refractivity contribution in [2.24, 2.45) is 4.99 Å². The van der Waals surface area contributed by atoms with Crippen molar-refractivity contribution in [1.82, 2.24) is 14.5 Å². The fourth-order valence-corrected chi connectivity index (χ4v) is 4.82. The second-order valence-electron chi connectivity index (χ2n) is 9.51. The molecule has 0 saturated heterocycles. The molecule has 5 rings (SSSR count). The molecule has 198 valence electrons. The lowest BCUT2D eigenvalue weighted by atomic mass is 10.1. The lowest BCUT2D eigenvalue weighted by molar-refractivity contribution is 0.306. The number of rotatable bonds is 8. The first-order valence-corrected chi connectivity index (χ1v) is 12.8. The number of nitrogens with one attached hydrogen (secondary N) is 2. The molecule has 0 fully saturated rings. The van der Waals surface area contributed by atoms with Crippen molar-refractivity contribution >= 4 is 16.6 Å². The van der Waals surface area contributed by atoms with E-state index in [2.05, 4.69) is 15.0 Å². The second-order valence-corrected chi connectivity index (χ2v) is 9.51. The number of aromatic nitrogens is 3. The molecule has 5 aromatic rings. The van der Waals surface area contributed by atoms with Crippen LogP contribution in [-0.2, 0) is 13.0 Å². The quantitative estimate of drug-likeness (QED) is 0.250. The Morgan fingerprint density at radius 1 is 0.974 bits per heavy atom. The first-order chi connectivity index (χ1) is 18.8. The van der Waals surface area contributed by atoms with Gasteiger partial charge in [0.2, 0.25) is 5.88 Å². The van der Waals surface area contributed by atoms with Gasteiger partial charge in [-0.2, -0.15) is 0 Å². The Bertz CT molecular complexity index is 1800. The van der Waals surface area contributed by atoms with E-state index in [9.17, 15) is 14.7 Å². The molecule has 0 aliphatic rings. The molecule has 0 saturated carbocycles. The molecular formula is C31H30N4O4. The van der Waals surface area contributed by atoms with E-state index >= 15 is 0 Å². The van der Waals surface area contributed by atoms with E-state index in [1.807, 2.05) is 74.5 Å². The zero-order valence-corrected chi connectivity index (χ0v) is 22.1. The summed E-state index contributed by atoms with van der Waals surface area (Å²) in [5.41, 5.74) is 4.46. The molecule has 39 heavy (non-hydrogen) atoms. The van der Waals surface area contributed by atoms with Crippen LogP contribution in [0, 0.1) is 13.8 Å². The Morgan fingerprint density at radius 3 is 2.49 bits per heavy atom. The number of H-pyrrole nitrogens is 2. The van der Waals surface area contributed by atoms with Crippen LogP contribution in [0.15, 0.2) is 87.4 Å². The highest BCUT2D eigenvalue weighted by atomic mass is 16.5. The maximum atomic E-state index is 12.7. The molecule has 0 amide bonds. The van der Waals surface area contributed by atoms with Crippen LogP contribution < -0.4 is 16.0 Å². The number of hydrogen-bond acceptors (Lipinski definition) is 5. The number of hydrogen-bond donors (Lipinski definition) is 3. The molecule has 3 aromatic carbocycles. The molecule has 0 unspecified atom stereocenters. The number of aliphatic imine (C=N–C) groups is 1. The fraction of sp³-hybridized carbons (Fsp3) is 0.194. The van der Waals surface area contributed by atoms with E-state index in [1.165, 1.54) is 0 Å². The average molecular weight is 523 g/mol. The van der Waals surface area contributed by atoms with Crippen molar-refractivity contribution in [1.29, 1.82) is 0 Å². The third-order valence-electron chi connectivity index (χ3n) is 6.85.